The molecule has 0 spiro atoms. The monoisotopic (exact) mass is 116 g/mol. The number of hydrogen-bond donors (Lipinski definition) is 0. The van der Waals surface area contributed by atoms with E-state index in [1.54, 1.807) is 0 Å². The maximum Gasteiger partial charge on any atom is 0.0700 e. The van der Waals surface area contributed by atoms with Gasteiger partial charge < -0.3 is 9.64 Å². The maximum absolute atomic E-state index is 4.62. The first-order chi connectivity index (χ1) is 3.77. The van der Waals surface area contributed by atoms with Gasteiger partial charge in [-0.15, -0.1) is 0 Å². The van der Waals surface area contributed by atoms with Crippen molar-refractivity contribution >= 4 is 0 Å². The summed E-state index contributed by atoms with van der Waals surface area (Å²) >= 11 is 0. The first kappa shape index (κ1) is 7.92. The van der Waals surface area contributed by atoms with Crippen LogP contribution in [-0.4, -0.2) is 32.1 Å². The summed E-state index contributed by atoms with van der Waals surface area (Å²) in [5.41, 5.74) is 0. The molecule has 0 fully saturated rings. The zero-order valence-electron chi connectivity index (χ0n) is 5.68. The van der Waals surface area contributed by atoms with Crippen LogP contribution in [0.15, 0.2) is 0 Å². The third-order valence-electron chi connectivity index (χ3n) is 0.894. The molecule has 1 radical (unpaired) electrons. The molecule has 8 heavy (non-hydrogen) atoms. The van der Waals surface area contributed by atoms with Gasteiger partial charge in [0.1, 0.15) is 0 Å². The van der Waals surface area contributed by atoms with Crippen molar-refractivity contribution in [2.24, 2.45) is 0 Å². The Morgan fingerprint density at radius 3 is 2.50 bits per heavy atom. The lowest BCUT2D eigenvalue weighted by molar-refractivity contribution is 0.222. The second-order valence-electron chi connectivity index (χ2n) is 2.07. The second kappa shape index (κ2) is 5.06. The third kappa shape index (κ3) is 5.92. The molecular weight excluding hydrogens is 102 g/mol. The Bertz CT molecular complexity index is 45.8. The van der Waals surface area contributed by atoms with Crippen LogP contribution in [0, 0.1) is 7.11 Å². The minimum absolute atomic E-state index is 0.762. The fourth-order valence-electron chi connectivity index (χ4n) is 0.483. The molecule has 0 rings (SSSR count). The Balaban J connectivity index is 2.72. The van der Waals surface area contributed by atoms with Crippen LogP contribution in [-0.2, 0) is 4.74 Å². The topological polar surface area (TPSA) is 12.5 Å². The lowest BCUT2D eigenvalue weighted by Crippen LogP contribution is -2.14. The van der Waals surface area contributed by atoms with Crippen LogP contribution in [0.25, 0.3) is 0 Å². The molecule has 0 aromatic rings. The summed E-state index contributed by atoms with van der Waals surface area (Å²) in [5, 5.41) is 0. The van der Waals surface area contributed by atoms with Crippen LogP contribution < -0.4 is 0 Å². The zero-order valence-corrected chi connectivity index (χ0v) is 5.68. The minimum Gasteiger partial charge on any atom is -0.379 e. The van der Waals surface area contributed by atoms with Gasteiger partial charge in [-0.25, -0.2) is 0 Å². The van der Waals surface area contributed by atoms with E-state index in [2.05, 4.69) is 16.7 Å². The third-order valence-corrected chi connectivity index (χ3v) is 0.894. The van der Waals surface area contributed by atoms with E-state index in [4.69, 9.17) is 0 Å². The highest BCUT2D eigenvalue weighted by atomic mass is 16.5. The Labute approximate surface area is 51.4 Å². The summed E-state index contributed by atoms with van der Waals surface area (Å²) in [6, 6.07) is 0. The van der Waals surface area contributed by atoms with Crippen LogP contribution in [0.5, 0.6) is 0 Å². The van der Waals surface area contributed by atoms with Crippen molar-refractivity contribution in [3.8, 4) is 0 Å². The molecule has 0 unspecified atom stereocenters. The average molecular weight is 116 g/mol. The molecule has 0 aliphatic rings. The van der Waals surface area contributed by atoms with Gasteiger partial charge in [0.05, 0.1) is 7.11 Å². The van der Waals surface area contributed by atoms with Gasteiger partial charge in [0, 0.05) is 6.61 Å². The second-order valence-corrected chi connectivity index (χ2v) is 2.07. The van der Waals surface area contributed by atoms with Gasteiger partial charge in [0.2, 0.25) is 0 Å². The summed E-state index contributed by atoms with van der Waals surface area (Å²) in [6.45, 7) is 1.84. The van der Waals surface area contributed by atoms with Crippen LogP contribution in [0.4, 0.5) is 0 Å². The SMILES string of the molecule is [CH2]OCCCN(C)C. The van der Waals surface area contributed by atoms with Crippen molar-refractivity contribution in [1.82, 2.24) is 4.90 Å². The molecule has 0 amide bonds. The molecule has 0 saturated carbocycles. The van der Waals surface area contributed by atoms with E-state index < -0.39 is 0 Å². The van der Waals surface area contributed by atoms with Crippen molar-refractivity contribution < 1.29 is 4.74 Å². The minimum atomic E-state index is 0.762. The van der Waals surface area contributed by atoms with Crippen molar-refractivity contribution in [2.75, 3.05) is 27.2 Å². The van der Waals surface area contributed by atoms with E-state index >= 15 is 0 Å². The van der Waals surface area contributed by atoms with Crippen molar-refractivity contribution in [2.45, 2.75) is 6.42 Å². The lowest BCUT2D eigenvalue weighted by atomic mass is 10.4. The summed E-state index contributed by atoms with van der Waals surface area (Å²) < 4.78 is 4.62. The quantitative estimate of drug-likeness (QED) is 0.502. The Morgan fingerprint density at radius 2 is 2.12 bits per heavy atom. The molecule has 0 aliphatic heterocycles. The molecule has 0 saturated heterocycles. The van der Waals surface area contributed by atoms with Crippen LogP contribution >= 0.6 is 0 Å². The van der Waals surface area contributed by atoms with Crippen molar-refractivity contribution in [3.05, 3.63) is 7.11 Å². The molecule has 0 heterocycles. The van der Waals surface area contributed by atoms with Crippen molar-refractivity contribution in [1.29, 1.82) is 0 Å². The van der Waals surface area contributed by atoms with Gasteiger partial charge in [-0.1, -0.05) is 0 Å². The fourth-order valence-corrected chi connectivity index (χ4v) is 0.483. The molecule has 0 aromatic carbocycles. The number of ether oxygens (including phenoxy) is 1. The fraction of sp³-hybridized carbons (Fsp3) is 0.833. The van der Waals surface area contributed by atoms with E-state index in [1.165, 1.54) is 0 Å². The van der Waals surface area contributed by atoms with Crippen LogP contribution in [0.3, 0.4) is 0 Å². The van der Waals surface area contributed by atoms with E-state index in [0.29, 0.717) is 0 Å². The Hall–Kier alpha value is -0.0800. The first-order valence-corrected chi connectivity index (χ1v) is 2.79. The Kier molecular flexibility index (Phi) is 5.01. The predicted octanol–water partition coefficient (Wildman–Crippen LogP) is 0.746. The molecule has 2 nitrogen and oxygen atoms in total. The van der Waals surface area contributed by atoms with Crippen LogP contribution in [0.1, 0.15) is 6.42 Å². The van der Waals surface area contributed by atoms with E-state index in [0.717, 1.165) is 19.6 Å². The lowest BCUT2D eigenvalue weighted by Gasteiger charge is -2.06. The zero-order chi connectivity index (χ0) is 6.41. The molecular formula is C6H14NO. The summed E-state index contributed by atoms with van der Waals surface area (Å²) in [5.74, 6) is 0. The maximum atomic E-state index is 4.62. The largest absolute Gasteiger partial charge is 0.379 e. The standard InChI is InChI=1S/C6H14NO/c1-7(2)5-4-6-8-3/h3-6H2,1-2H3. The van der Waals surface area contributed by atoms with Crippen LogP contribution in [0.2, 0.25) is 0 Å². The summed E-state index contributed by atoms with van der Waals surface area (Å²) in [7, 11) is 7.35. The number of rotatable bonds is 4. The molecule has 2 heteroatoms. The summed E-state index contributed by atoms with van der Waals surface area (Å²) in [4.78, 5) is 2.12. The van der Waals surface area contributed by atoms with E-state index in [9.17, 15) is 0 Å². The number of nitrogens with zero attached hydrogens (tertiary/aromatic N) is 1. The van der Waals surface area contributed by atoms with Gasteiger partial charge in [-0.2, -0.15) is 0 Å². The smallest absolute Gasteiger partial charge is 0.0700 e. The van der Waals surface area contributed by atoms with Gasteiger partial charge in [0.25, 0.3) is 0 Å². The number of hydrogen-bond acceptors (Lipinski definition) is 2. The predicted molar refractivity (Wildman–Crippen MR) is 34.5 cm³/mol. The first-order valence-electron chi connectivity index (χ1n) is 2.79. The van der Waals surface area contributed by atoms with E-state index in [1.807, 2.05) is 14.1 Å². The highest BCUT2D eigenvalue weighted by Gasteiger charge is 1.86. The van der Waals surface area contributed by atoms with Gasteiger partial charge in [-0.05, 0) is 27.1 Å². The highest BCUT2D eigenvalue weighted by Crippen LogP contribution is 1.82. The molecule has 0 aromatic heterocycles. The normalized spacial score (nSPS) is 10.5. The van der Waals surface area contributed by atoms with Gasteiger partial charge in [-0.3, -0.25) is 0 Å². The highest BCUT2D eigenvalue weighted by molar-refractivity contribution is 4.41. The summed E-state index contributed by atoms with van der Waals surface area (Å²) in [6.07, 6.45) is 1.07. The van der Waals surface area contributed by atoms with Gasteiger partial charge in [0.15, 0.2) is 0 Å². The molecule has 0 N–H and O–H groups in total. The molecule has 0 bridgehead atoms. The van der Waals surface area contributed by atoms with E-state index in [-0.39, 0.29) is 0 Å². The average Bonchev–Trinajstić information content (AvgIpc) is 1.66. The van der Waals surface area contributed by atoms with Gasteiger partial charge >= 0.3 is 0 Å². The molecule has 49 valence electrons. The Morgan fingerprint density at radius 1 is 1.50 bits per heavy atom. The van der Waals surface area contributed by atoms with Crippen molar-refractivity contribution in [3.63, 3.8) is 0 Å². The molecule has 0 atom stereocenters. The molecule has 0 aliphatic carbocycles.